The highest BCUT2D eigenvalue weighted by atomic mass is 14.0. The van der Waals surface area contributed by atoms with Crippen molar-refractivity contribution < 1.29 is 0 Å². The smallest absolute Gasteiger partial charge is 0.0878 e. The minimum Gasteiger partial charge on any atom is -0.0878 e. The van der Waals surface area contributed by atoms with Gasteiger partial charge in [-0.1, -0.05) is 79.7 Å². The molecule has 0 aliphatic carbocycles. The Morgan fingerprint density at radius 1 is 0.778 bits per heavy atom. The predicted molar refractivity (Wildman–Crippen MR) is 80.8 cm³/mol. The van der Waals surface area contributed by atoms with Crippen molar-refractivity contribution >= 4 is 12.7 Å². The van der Waals surface area contributed by atoms with Crippen LogP contribution in [-0.2, 0) is 12.8 Å². The molecule has 1 radical (unpaired) electrons. The van der Waals surface area contributed by atoms with Gasteiger partial charge in [0.25, 0.3) is 0 Å². The van der Waals surface area contributed by atoms with Gasteiger partial charge in [-0.15, -0.1) is 0 Å². The standard InChI is InChI=1S/C17H20B/c1-2-6-15-9-11-16(12-10-15)13-14-18-17-7-4-3-5-8-17/h3-5,7-12H,2,6,13-14H2,1H3. The van der Waals surface area contributed by atoms with E-state index in [9.17, 15) is 0 Å². The van der Waals surface area contributed by atoms with E-state index in [1.54, 1.807) is 0 Å². The summed E-state index contributed by atoms with van der Waals surface area (Å²) in [5.74, 6) is 0. The van der Waals surface area contributed by atoms with Crippen LogP contribution in [0.25, 0.3) is 0 Å². The first-order valence-electron chi connectivity index (χ1n) is 6.84. The lowest BCUT2D eigenvalue weighted by atomic mass is 9.66. The summed E-state index contributed by atoms with van der Waals surface area (Å²) in [6, 6.07) is 19.6. The molecule has 0 spiro atoms. The molecule has 0 aromatic heterocycles. The minimum atomic E-state index is 1.11. The average molecular weight is 235 g/mol. The van der Waals surface area contributed by atoms with Crippen molar-refractivity contribution in [2.75, 3.05) is 0 Å². The van der Waals surface area contributed by atoms with Crippen LogP contribution in [0.3, 0.4) is 0 Å². The van der Waals surface area contributed by atoms with Crippen LogP contribution >= 0.6 is 0 Å². The van der Waals surface area contributed by atoms with Gasteiger partial charge < -0.3 is 0 Å². The van der Waals surface area contributed by atoms with Gasteiger partial charge in [0, 0.05) is 0 Å². The van der Waals surface area contributed by atoms with Gasteiger partial charge in [-0.2, -0.15) is 0 Å². The zero-order chi connectivity index (χ0) is 12.6. The zero-order valence-electron chi connectivity index (χ0n) is 11.1. The summed E-state index contributed by atoms with van der Waals surface area (Å²) in [7, 11) is 2.31. The maximum absolute atomic E-state index is 2.31. The predicted octanol–water partition coefficient (Wildman–Crippen LogP) is 3.63. The Bertz CT molecular complexity index is 445. The van der Waals surface area contributed by atoms with Crippen molar-refractivity contribution in [2.24, 2.45) is 0 Å². The summed E-state index contributed by atoms with van der Waals surface area (Å²) in [6.07, 6.45) is 4.65. The summed E-state index contributed by atoms with van der Waals surface area (Å²) < 4.78 is 0. The lowest BCUT2D eigenvalue weighted by molar-refractivity contribution is 0.920. The van der Waals surface area contributed by atoms with Crippen molar-refractivity contribution in [3.63, 3.8) is 0 Å². The molecule has 0 nitrogen and oxygen atoms in total. The molecule has 0 aliphatic rings. The monoisotopic (exact) mass is 235 g/mol. The Labute approximate surface area is 111 Å². The molecule has 0 amide bonds. The van der Waals surface area contributed by atoms with Gasteiger partial charge in [0.2, 0.25) is 0 Å². The maximum atomic E-state index is 2.31. The number of hydrogen-bond acceptors (Lipinski definition) is 0. The summed E-state index contributed by atoms with van der Waals surface area (Å²) in [6.45, 7) is 2.22. The Balaban J connectivity index is 1.80. The number of benzene rings is 2. The molecule has 0 saturated heterocycles. The fourth-order valence-corrected chi connectivity index (χ4v) is 2.16. The van der Waals surface area contributed by atoms with Crippen LogP contribution in [0.5, 0.6) is 0 Å². The molecule has 2 aromatic carbocycles. The van der Waals surface area contributed by atoms with Crippen molar-refractivity contribution in [2.45, 2.75) is 32.5 Å². The van der Waals surface area contributed by atoms with Crippen LogP contribution < -0.4 is 5.46 Å². The van der Waals surface area contributed by atoms with Gasteiger partial charge >= 0.3 is 0 Å². The molecule has 0 heterocycles. The van der Waals surface area contributed by atoms with Crippen LogP contribution in [0.1, 0.15) is 24.5 Å². The third kappa shape index (κ3) is 4.07. The molecular weight excluding hydrogens is 215 g/mol. The molecule has 0 unspecified atom stereocenters. The van der Waals surface area contributed by atoms with E-state index in [2.05, 4.69) is 68.8 Å². The van der Waals surface area contributed by atoms with E-state index in [1.165, 1.54) is 29.4 Å². The van der Waals surface area contributed by atoms with Gasteiger partial charge in [0.05, 0.1) is 0 Å². The van der Waals surface area contributed by atoms with Gasteiger partial charge in [-0.25, -0.2) is 0 Å². The third-order valence-electron chi connectivity index (χ3n) is 3.17. The van der Waals surface area contributed by atoms with E-state index >= 15 is 0 Å². The zero-order valence-corrected chi connectivity index (χ0v) is 11.1. The highest BCUT2D eigenvalue weighted by Gasteiger charge is 1.97. The quantitative estimate of drug-likeness (QED) is 0.670. The number of rotatable bonds is 6. The van der Waals surface area contributed by atoms with Crippen molar-refractivity contribution in [1.82, 2.24) is 0 Å². The van der Waals surface area contributed by atoms with Crippen molar-refractivity contribution in [3.05, 3.63) is 65.7 Å². The van der Waals surface area contributed by atoms with Gasteiger partial charge in [-0.3, -0.25) is 0 Å². The highest BCUT2D eigenvalue weighted by Crippen LogP contribution is 2.08. The second-order valence-electron chi connectivity index (χ2n) is 4.72. The van der Waals surface area contributed by atoms with E-state index in [1.807, 2.05) is 0 Å². The van der Waals surface area contributed by atoms with Crippen LogP contribution in [0, 0.1) is 0 Å². The van der Waals surface area contributed by atoms with E-state index in [0.717, 1.165) is 12.7 Å². The summed E-state index contributed by atoms with van der Waals surface area (Å²) >= 11 is 0. The largest absolute Gasteiger partial charge is 0.151 e. The van der Waals surface area contributed by atoms with Gasteiger partial charge in [-0.05, 0) is 24.0 Å². The molecule has 2 rings (SSSR count). The first kappa shape index (κ1) is 12.9. The van der Waals surface area contributed by atoms with E-state index in [4.69, 9.17) is 0 Å². The Morgan fingerprint density at radius 3 is 2.00 bits per heavy atom. The fourth-order valence-electron chi connectivity index (χ4n) is 2.16. The second-order valence-corrected chi connectivity index (χ2v) is 4.72. The number of aryl methyl sites for hydroxylation is 2. The van der Waals surface area contributed by atoms with Gasteiger partial charge in [0.15, 0.2) is 7.28 Å². The molecule has 0 saturated carbocycles. The lowest BCUT2D eigenvalue weighted by Gasteiger charge is -2.03. The number of hydrogen-bond donors (Lipinski definition) is 0. The topological polar surface area (TPSA) is 0 Å². The summed E-state index contributed by atoms with van der Waals surface area (Å²) in [4.78, 5) is 0. The first-order chi connectivity index (χ1) is 8.88. The van der Waals surface area contributed by atoms with Crippen LogP contribution in [0.4, 0.5) is 0 Å². The first-order valence-corrected chi connectivity index (χ1v) is 6.84. The highest BCUT2D eigenvalue weighted by molar-refractivity contribution is 6.53. The van der Waals surface area contributed by atoms with E-state index in [-0.39, 0.29) is 0 Å². The maximum Gasteiger partial charge on any atom is 0.151 e. The summed E-state index contributed by atoms with van der Waals surface area (Å²) in [5.41, 5.74) is 4.20. The molecule has 0 fully saturated rings. The average Bonchev–Trinajstić information content (AvgIpc) is 2.42. The van der Waals surface area contributed by atoms with Crippen LogP contribution in [0.2, 0.25) is 6.32 Å². The second kappa shape index (κ2) is 7.05. The molecule has 2 aromatic rings. The summed E-state index contributed by atoms with van der Waals surface area (Å²) in [5, 5.41) is 0. The minimum absolute atomic E-state index is 1.11. The molecule has 0 aliphatic heterocycles. The van der Waals surface area contributed by atoms with E-state index in [0.29, 0.717) is 0 Å². The Morgan fingerprint density at radius 2 is 1.39 bits per heavy atom. The molecule has 0 atom stereocenters. The fraction of sp³-hybridized carbons (Fsp3) is 0.294. The van der Waals surface area contributed by atoms with Crippen LogP contribution in [0.15, 0.2) is 54.6 Å². The van der Waals surface area contributed by atoms with Crippen molar-refractivity contribution in [1.29, 1.82) is 0 Å². The molecule has 91 valence electrons. The molecule has 0 bridgehead atoms. The lowest BCUT2D eigenvalue weighted by Crippen LogP contribution is -2.13. The third-order valence-corrected chi connectivity index (χ3v) is 3.17. The van der Waals surface area contributed by atoms with Gasteiger partial charge in [0.1, 0.15) is 0 Å². The molecule has 0 N–H and O–H groups in total. The Kier molecular flexibility index (Phi) is 5.07. The van der Waals surface area contributed by atoms with Crippen molar-refractivity contribution in [3.8, 4) is 0 Å². The molecule has 18 heavy (non-hydrogen) atoms. The Hall–Kier alpha value is -1.50. The molecular formula is C17H20B. The molecule has 1 heteroatoms. The van der Waals surface area contributed by atoms with E-state index < -0.39 is 0 Å². The normalized spacial score (nSPS) is 10.3. The van der Waals surface area contributed by atoms with Crippen LogP contribution in [-0.4, -0.2) is 7.28 Å². The SMILES string of the molecule is CCCc1ccc(CC[B]c2ccccc2)cc1.